The lowest BCUT2D eigenvalue weighted by Crippen LogP contribution is -2.38. The van der Waals surface area contributed by atoms with Gasteiger partial charge in [0.2, 0.25) is 5.91 Å². The van der Waals surface area contributed by atoms with Gasteiger partial charge in [0.1, 0.15) is 0 Å². The van der Waals surface area contributed by atoms with Crippen molar-refractivity contribution in [2.24, 2.45) is 4.99 Å². The van der Waals surface area contributed by atoms with Gasteiger partial charge >= 0.3 is 0 Å². The van der Waals surface area contributed by atoms with Crippen molar-refractivity contribution in [1.82, 2.24) is 15.1 Å². The van der Waals surface area contributed by atoms with Gasteiger partial charge in [-0.3, -0.25) is 9.79 Å². The van der Waals surface area contributed by atoms with Crippen molar-refractivity contribution in [3.8, 4) is 0 Å². The number of carbonyl (C=O) groups is 1. The average Bonchev–Trinajstić information content (AvgIpc) is 3.10. The van der Waals surface area contributed by atoms with E-state index in [2.05, 4.69) is 55.4 Å². The van der Waals surface area contributed by atoms with Crippen molar-refractivity contribution in [2.45, 2.75) is 32.5 Å². The summed E-state index contributed by atoms with van der Waals surface area (Å²) in [6, 6.07) is 16.5. The number of nitrogens with zero attached hydrogens (tertiary/aromatic N) is 3. The van der Waals surface area contributed by atoms with Gasteiger partial charge in [-0.2, -0.15) is 0 Å². The molecule has 0 spiro atoms. The number of hydrogen-bond acceptors (Lipinski definition) is 2. The van der Waals surface area contributed by atoms with Crippen LogP contribution in [0.25, 0.3) is 0 Å². The molecule has 1 aliphatic rings. The van der Waals surface area contributed by atoms with Crippen molar-refractivity contribution in [3.05, 3.63) is 69.7 Å². The second-order valence-electron chi connectivity index (χ2n) is 7.04. The van der Waals surface area contributed by atoms with Crippen LogP contribution in [0.4, 0.5) is 0 Å². The maximum absolute atomic E-state index is 12.0. The minimum Gasteiger partial charge on any atom is -0.352 e. The number of rotatable bonds is 6. The van der Waals surface area contributed by atoms with Crippen molar-refractivity contribution in [2.75, 3.05) is 20.6 Å². The molecule has 2 aromatic rings. The Hall–Kier alpha value is -2.34. The first-order chi connectivity index (χ1) is 13.6. The number of halogens is 1. The van der Waals surface area contributed by atoms with Gasteiger partial charge in [0, 0.05) is 51.2 Å². The van der Waals surface area contributed by atoms with Crippen LogP contribution in [0.5, 0.6) is 0 Å². The fourth-order valence-corrected chi connectivity index (χ4v) is 3.89. The summed E-state index contributed by atoms with van der Waals surface area (Å²) < 4.78 is 1.10. The molecule has 0 aromatic heterocycles. The minimum absolute atomic E-state index is 0.256. The van der Waals surface area contributed by atoms with Gasteiger partial charge in [-0.15, -0.1) is 0 Å². The SMILES string of the molecule is CN=C(NCc1ccccc1CN1CCCC1=O)N(C)Cc1ccccc1Br. The second kappa shape index (κ2) is 9.73. The molecule has 5 nitrogen and oxygen atoms in total. The largest absolute Gasteiger partial charge is 0.352 e. The molecule has 0 bridgehead atoms. The third-order valence-corrected chi connectivity index (χ3v) is 5.80. The highest BCUT2D eigenvalue weighted by Crippen LogP contribution is 2.19. The number of likely N-dealkylation sites (tertiary alicyclic amines) is 1. The predicted octanol–water partition coefficient (Wildman–Crippen LogP) is 3.78. The fourth-order valence-electron chi connectivity index (χ4n) is 3.48. The average molecular weight is 443 g/mol. The molecule has 0 atom stereocenters. The van der Waals surface area contributed by atoms with E-state index in [9.17, 15) is 4.79 Å². The van der Waals surface area contributed by atoms with Crippen LogP contribution in [0.15, 0.2) is 58.0 Å². The van der Waals surface area contributed by atoms with Crippen molar-refractivity contribution in [3.63, 3.8) is 0 Å². The maximum atomic E-state index is 12.0. The fraction of sp³-hybridized carbons (Fsp3) is 0.364. The summed E-state index contributed by atoms with van der Waals surface area (Å²) in [5, 5.41) is 3.46. The molecule has 2 aromatic carbocycles. The Morgan fingerprint density at radius 2 is 1.82 bits per heavy atom. The minimum atomic E-state index is 0.256. The van der Waals surface area contributed by atoms with Crippen LogP contribution < -0.4 is 5.32 Å². The zero-order valence-corrected chi connectivity index (χ0v) is 18.1. The number of hydrogen-bond donors (Lipinski definition) is 1. The van der Waals surface area contributed by atoms with Gasteiger partial charge in [0.15, 0.2) is 5.96 Å². The van der Waals surface area contributed by atoms with Gasteiger partial charge in [0.25, 0.3) is 0 Å². The van der Waals surface area contributed by atoms with Crippen LogP contribution in [0.3, 0.4) is 0 Å². The number of amides is 1. The summed E-state index contributed by atoms with van der Waals surface area (Å²) in [6.45, 7) is 2.97. The Morgan fingerprint density at radius 3 is 2.46 bits per heavy atom. The zero-order valence-electron chi connectivity index (χ0n) is 16.5. The van der Waals surface area contributed by atoms with E-state index in [1.165, 1.54) is 16.7 Å². The molecule has 0 unspecified atom stereocenters. The Morgan fingerprint density at radius 1 is 1.14 bits per heavy atom. The number of aliphatic imine (C=N–C) groups is 1. The summed E-state index contributed by atoms with van der Waals surface area (Å²) in [7, 11) is 3.83. The molecule has 148 valence electrons. The van der Waals surface area contributed by atoms with Crippen LogP contribution in [0.2, 0.25) is 0 Å². The topological polar surface area (TPSA) is 47.9 Å². The molecule has 1 N–H and O–H groups in total. The first-order valence-electron chi connectivity index (χ1n) is 9.58. The van der Waals surface area contributed by atoms with E-state index < -0.39 is 0 Å². The first kappa shape index (κ1) is 20.4. The van der Waals surface area contributed by atoms with Crippen LogP contribution in [-0.2, 0) is 24.4 Å². The maximum Gasteiger partial charge on any atom is 0.222 e. The number of benzene rings is 2. The zero-order chi connectivity index (χ0) is 19.9. The molecule has 3 rings (SSSR count). The van der Waals surface area contributed by atoms with E-state index in [4.69, 9.17) is 0 Å². The molecule has 1 fully saturated rings. The summed E-state index contributed by atoms with van der Waals surface area (Å²) >= 11 is 3.61. The summed E-state index contributed by atoms with van der Waals surface area (Å²) in [5.74, 6) is 1.09. The molecule has 1 heterocycles. The molecule has 0 saturated carbocycles. The van der Waals surface area contributed by atoms with Crippen LogP contribution >= 0.6 is 15.9 Å². The lowest BCUT2D eigenvalue weighted by atomic mass is 10.1. The van der Waals surface area contributed by atoms with Gasteiger partial charge in [0.05, 0.1) is 0 Å². The van der Waals surface area contributed by atoms with Gasteiger partial charge in [-0.25, -0.2) is 0 Å². The highest BCUT2D eigenvalue weighted by molar-refractivity contribution is 9.10. The number of guanidine groups is 1. The lowest BCUT2D eigenvalue weighted by Gasteiger charge is -2.24. The highest BCUT2D eigenvalue weighted by Gasteiger charge is 2.21. The molecule has 1 saturated heterocycles. The molecular weight excluding hydrogens is 416 g/mol. The third kappa shape index (κ3) is 5.13. The standard InChI is InChI=1S/C22H27BrN4O/c1-24-22(26(2)15-19-10-5-6-11-20(19)23)25-14-17-8-3-4-9-18(17)16-27-13-7-12-21(27)28/h3-6,8-11H,7,12-16H2,1-2H3,(H,24,25). The van der Waals surface area contributed by atoms with E-state index in [1.807, 2.05) is 36.2 Å². The first-order valence-corrected chi connectivity index (χ1v) is 10.4. The predicted molar refractivity (Wildman–Crippen MR) is 117 cm³/mol. The molecule has 0 radical (unpaired) electrons. The summed E-state index contributed by atoms with van der Waals surface area (Å²) in [6.07, 6.45) is 1.64. The Balaban J connectivity index is 1.63. The molecular formula is C22H27BrN4O. The van der Waals surface area contributed by atoms with E-state index >= 15 is 0 Å². The Kier molecular flexibility index (Phi) is 7.09. The van der Waals surface area contributed by atoms with Crippen LogP contribution in [0, 0.1) is 0 Å². The summed E-state index contributed by atoms with van der Waals surface area (Å²) in [5.41, 5.74) is 3.59. The highest BCUT2D eigenvalue weighted by atomic mass is 79.9. The molecule has 6 heteroatoms. The van der Waals surface area contributed by atoms with Gasteiger partial charge in [-0.1, -0.05) is 58.4 Å². The Bertz CT molecular complexity index is 852. The molecule has 1 aliphatic heterocycles. The van der Waals surface area contributed by atoms with E-state index in [0.717, 1.165) is 29.9 Å². The molecule has 0 aliphatic carbocycles. The smallest absolute Gasteiger partial charge is 0.222 e. The summed E-state index contributed by atoms with van der Waals surface area (Å²) in [4.78, 5) is 20.5. The van der Waals surface area contributed by atoms with E-state index in [0.29, 0.717) is 19.5 Å². The monoisotopic (exact) mass is 442 g/mol. The lowest BCUT2D eigenvalue weighted by molar-refractivity contribution is -0.128. The van der Waals surface area contributed by atoms with Crippen molar-refractivity contribution < 1.29 is 4.79 Å². The number of nitrogens with one attached hydrogen (secondary N) is 1. The number of carbonyl (C=O) groups excluding carboxylic acids is 1. The van der Waals surface area contributed by atoms with E-state index in [-0.39, 0.29) is 5.91 Å². The second-order valence-corrected chi connectivity index (χ2v) is 7.89. The third-order valence-electron chi connectivity index (χ3n) is 5.03. The van der Waals surface area contributed by atoms with Crippen molar-refractivity contribution in [1.29, 1.82) is 0 Å². The van der Waals surface area contributed by atoms with E-state index in [1.54, 1.807) is 7.05 Å². The van der Waals surface area contributed by atoms with Crippen LogP contribution in [0.1, 0.15) is 29.5 Å². The molecule has 1 amide bonds. The van der Waals surface area contributed by atoms with Gasteiger partial charge in [-0.05, 0) is 29.2 Å². The normalized spacial score (nSPS) is 14.5. The molecule has 28 heavy (non-hydrogen) atoms. The van der Waals surface area contributed by atoms with Crippen molar-refractivity contribution >= 4 is 27.8 Å². The van der Waals surface area contributed by atoms with Gasteiger partial charge < -0.3 is 15.1 Å². The van der Waals surface area contributed by atoms with Crippen LogP contribution in [-0.4, -0.2) is 42.3 Å². The quantitative estimate of drug-likeness (QED) is 0.546. The Labute approximate surface area is 175 Å².